The average molecular weight is 252 g/mol. The van der Waals surface area contributed by atoms with Crippen molar-refractivity contribution in [3.05, 3.63) is 23.8 Å². The molecule has 2 N–H and O–H groups in total. The number of aliphatic carboxylic acids is 1. The van der Waals surface area contributed by atoms with Gasteiger partial charge in [0.05, 0.1) is 11.5 Å². The van der Waals surface area contributed by atoms with E-state index in [4.69, 9.17) is 14.6 Å². The Labute approximate surface area is 105 Å². The van der Waals surface area contributed by atoms with Crippen LogP contribution in [-0.4, -0.2) is 29.4 Å². The molecule has 0 aromatic heterocycles. The first-order chi connectivity index (χ1) is 8.43. The predicted octanol–water partition coefficient (Wildman–Crippen LogP) is 1.39. The maximum atomic E-state index is 11.0. The van der Waals surface area contributed by atoms with Gasteiger partial charge in [0.1, 0.15) is 13.2 Å². The minimum atomic E-state index is -1.46. The summed E-state index contributed by atoms with van der Waals surface area (Å²) in [6.07, 6.45) is 0. The monoisotopic (exact) mass is 252 g/mol. The zero-order valence-electron chi connectivity index (χ0n) is 10.3. The Bertz CT molecular complexity index is 466. The van der Waals surface area contributed by atoms with Crippen molar-refractivity contribution in [3.63, 3.8) is 0 Å². The quantitative estimate of drug-likeness (QED) is 0.850. The fourth-order valence-electron chi connectivity index (χ4n) is 1.85. The molecule has 5 nitrogen and oxygen atoms in total. The molecule has 0 radical (unpaired) electrons. The Morgan fingerprint density at radius 2 is 1.94 bits per heavy atom. The smallest absolute Gasteiger partial charge is 0.309 e. The molecule has 2 atom stereocenters. The molecule has 0 saturated heterocycles. The van der Waals surface area contributed by atoms with Gasteiger partial charge in [-0.1, -0.05) is 6.07 Å². The SMILES string of the molecule is CC(C(=O)O)C(C)(O)c1ccc2c(c1)OCCO2. The van der Waals surface area contributed by atoms with E-state index in [1.807, 2.05) is 0 Å². The lowest BCUT2D eigenvalue weighted by molar-refractivity contribution is -0.150. The Kier molecular flexibility index (Phi) is 3.17. The summed E-state index contributed by atoms with van der Waals surface area (Å²) in [7, 11) is 0. The second-order valence-electron chi connectivity index (χ2n) is 4.57. The van der Waals surface area contributed by atoms with Crippen molar-refractivity contribution in [2.75, 3.05) is 13.2 Å². The molecule has 0 spiro atoms. The zero-order valence-corrected chi connectivity index (χ0v) is 10.3. The summed E-state index contributed by atoms with van der Waals surface area (Å²) < 4.78 is 10.8. The first-order valence-electron chi connectivity index (χ1n) is 5.78. The fourth-order valence-corrected chi connectivity index (χ4v) is 1.85. The molecule has 18 heavy (non-hydrogen) atoms. The maximum absolute atomic E-state index is 11.0. The highest BCUT2D eigenvalue weighted by atomic mass is 16.6. The third kappa shape index (κ3) is 2.13. The molecule has 1 aliphatic heterocycles. The minimum absolute atomic E-state index is 0.451. The highest BCUT2D eigenvalue weighted by Crippen LogP contribution is 2.37. The van der Waals surface area contributed by atoms with Crippen molar-refractivity contribution in [3.8, 4) is 11.5 Å². The lowest BCUT2D eigenvalue weighted by Crippen LogP contribution is -2.35. The largest absolute Gasteiger partial charge is 0.486 e. The number of carboxylic acids is 1. The van der Waals surface area contributed by atoms with Crippen molar-refractivity contribution in [2.24, 2.45) is 5.92 Å². The molecule has 0 aliphatic carbocycles. The van der Waals surface area contributed by atoms with Crippen LogP contribution in [0.3, 0.4) is 0 Å². The first-order valence-corrected chi connectivity index (χ1v) is 5.78. The number of rotatable bonds is 3. The van der Waals surface area contributed by atoms with E-state index in [1.165, 1.54) is 13.8 Å². The maximum Gasteiger partial charge on any atom is 0.309 e. The highest BCUT2D eigenvalue weighted by molar-refractivity contribution is 5.71. The number of hydrogen-bond acceptors (Lipinski definition) is 4. The van der Waals surface area contributed by atoms with Crippen LogP contribution in [0.5, 0.6) is 11.5 Å². The van der Waals surface area contributed by atoms with Crippen LogP contribution in [0.25, 0.3) is 0 Å². The average Bonchev–Trinajstić information content (AvgIpc) is 2.37. The summed E-state index contributed by atoms with van der Waals surface area (Å²) in [6.45, 7) is 3.90. The molecule has 1 heterocycles. The summed E-state index contributed by atoms with van der Waals surface area (Å²) in [4.78, 5) is 11.0. The number of aliphatic hydroxyl groups is 1. The number of benzene rings is 1. The molecule has 2 unspecified atom stereocenters. The summed E-state index contributed by atoms with van der Waals surface area (Å²) in [5.74, 6) is -0.810. The number of fused-ring (bicyclic) bond motifs is 1. The Morgan fingerprint density at radius 3 is 2.56 bits per heavy atom. The summed E-state index contributed by atoms with van der Waals surface area (Å²) in [5, 5.41) is 19.4. The van der Waals surface area contributed by atoms with Crippen LogP contribution in [0.1, 0.15) is 19.4 Å². The van der Waals surface area contributed by atoms with E-state index in [0.717, 1.165) is 0 Å². The van der Waals surface area contributed by atoms with Crippen LogP contribution in [0, 0.1) is 5.92 Å². The van der Waals surface area contributed by atoms with Crippen LogP contribution in [0.2, 0.25) is 0 Å². The normalized spacial score (nSPS) is 18.8. The highest BCUT2D eigenvalue weighted by Gasteiger charge is 2.36. The Balaban J connectivity index is 2.36. The molecule has 0 saturated carbocycles. The van der Waals surface area contributed by atoms with Gasteiger partial charge in [-0.2, -0.15) is 0 Å². The summed E-state index contributed by atoms with van der Waals surface area (Å²) in [6, 6.07) is 4.98. The molecule has 5 heteroatoms. The van der Waals surface area contributed by atoms with Gasteiger partial charge in [0, 0.05) is 0 Å². The minimum Gasteiger partial charge on any atom is -0.486 e. The van der Waals surface area contributed by atoms with Crippen LogP contribution in [0.15, 0.2) is 18.2 Å². The third-order valence-corrected chi connectivity index (χ3v) is 3.34. The Morgan fingerprint density at radius 1 is 1.33 bits per heavy atom. The van der Waals surface area contributed by atoms with Gasteiger partial charge in [-0.25, -0.2) is 0 Å². The van der Waals surface area contributed by atoms with Gasteiger partial charge >= 0.3 is 5.97 Å². The van der Waals surface area contributed by atoms with Gasteiger partial charge in [0.15, 0.2) is 11.5 Å². The third-order valence-electron chi connectivity index (χ3n) is 3.34. The lowest BCUT2D eigenvalue weighted by atomic mass is 9.84. The molecule has 1 aromatic carbocycles. The lowest BCUT2D eigenvalue weighted by Gasteiger charge is -2.29. The fraction of sp³-hybridized carbons (Fsp3) is 0.462. The molecular weight excluding hydrogens is 236 g/mol. The number of ether oxygens (including phenoxy) is 2. The van der Waals surface area contributed by atoms with E-state index in [9.17, 15) is 9.90 Å². The van der Waals surface area contributed by atoms with Crippen LogP contribution in [0.4, 0.5) is 0 Å². The van der Waals surface area contributed by atoms with Gasteiger partial charge in [-0.15, -0.1) is 0 Å². The second kappa shape index (κ2) is 4.49. The molecule has 0 fully saturated rings. The predicted molar refractivity (Wildman–Crippen MR) is 63.8 cm³/mol. The zero-order chi connectivity index (χ0) is 13.3. The summed E-state index contributed by atoms with van der Waals surface area (Å²) >= 11 is 0. The Hall–Kier alpha value is -1.75. The molecule has 98 valence electrons. The van der Waals surface area contributed by atoms with Gasteiger partial charge < -0.3 is 19.7 Å². The second-order valence-corrected chi connectivity index (χ2v) is 4.57. The van der Waals surface area contributed by atoms with Crippen molar-refractivity contribution in [2.45, 2.75) is 19.4 Å². The van der Waals surface area contributed by atoms with E-state index in [1.54, 1.807) is 18.2 Å². The van der Waals surface area contributed by atoms with Gasteiger partial charge in [0.25, 0.3) is 0 Å². The topological polar surface area (TPSA) is 76.0 Å². The van der Waals surface area contributed by atoms with E-state index >= 15 is 0 Å². The van der Waals surface area contributed by atoms with Crippen molar-refractivity contribution in [1.29, 1.82) is 0 Å². The van der Waals surface area contributed by atoms with Gasteiger partial charge in [-0.3, -0.25) is 4.79 Å². The first kappa shape index (κ1) is 12.7. The van der Waals surface area contributed by atoms with E-state index in [0.29, 0.717) is 30.3 Å². The molecule has 0 amide bonds. The van der Waals surface area contributed by atoms with Crippen LogP contribution < -0.4 is 9.47 Å². The van der Waals surface area contributed by atoms with Crippen LogP contribution >= 0.6 is 0 Å². The summed E-state index contributed by atoms with van der Waals surface area (Å²) in [5.41, 5.74) is -0.955. The molecule has 1 aliphatic rings. The van der Waals surface area contributed by atoms with Crippen molar-refractivity contribution >= 4 is 5.97 Å². The molecule has 1 aromatic rings. The molecule has 0 bridgehead atoms. The number of carboxylic acid groups (broad SMARTS) is 1. The van der Waals surface area contributed by atoms with Crippen LogP contribution in [-0.2, 0) is 10.4 Å². The van der Waals surface area contributed by atoms with E-state index in [2.05, 4.69) is 0 Å². The van der Waals surface area contributed by atoms with E-state index < -0.39 is 17.5 Å². The van der Waals surface area contributed by atoms with Crippen molar-refractivity contribution in [1.82, 2.24) is 0 Å². The van der Waals surface area contributed by atoms with E-state index in [-0.39, 0.29) is 0 Å². The molecular formula is C13H16O5. The van der Waals surface area contributed by atoms with Gasteiger partial charge in [-0.05, 0) is 31.5 Å². The molecule has 2 rings (SSSR count). The number of hydrogen-bond donors (Lipinski definition) is 2. The number of carbonyl (C=O) groups is 1. The van der Waals surface area contributed by atoms with Gasteiger partial charge in [0.2, 0.25) is 0 Å². The van der Waals surface area contributed by atoms with Crippen molar-refractivity contribution < 1.29 is 24.5 Å². The standard InChI is InChI=1S/C13H16O5/c1-8(12(14)15)13(2,16)9-3-4-10-11(7-9)18-6-5-17-10/h3-4,7-8,16H,5-6H2,1-2H3,(H,14,15).